The average molecular weight is 590 g/mol. The third-order valence-corrected chi connectivity index (χ3v) is 6.64. The molecular formula is C30H31N5O6S. The second-order valence-corrected chi connectivity index (χ2v) is 12.3. The van der Waals surface area contributed by atoms with Crippen LogP contribution in [0, 0.1) is 11.3 Å². The first-order valence-electron chi connectivity index (χ1n) is 13.0. The maximum Gasteiger partial charge on any atom is 0.425 e. The van der Waals surface area contributed by atoms with E-state index in [-0.39, 0.29) is 17.5 Å². The summed E-state index contributed by atoms with van der Waals surface area (Å²) in [7, 11) is 1.45. The van der Waals surface area contributed by atoms with Crippen LogP contribution in [0.4, 0.5) is 15.4 Å². The standard InChI is InChI=1S/C30H31N5O6S/c1-29(2,3)40-27(37)35(28(38)41-30(4,5)6)24-20-15-21(22(36)19-12-9-13-32-25(19)39-7)42-26(20)34-23(33-24)18-11-8-10-17(14-18)16-31/h8-15,22,36H,1-7H3. The monoisotopic (exact) mass is 589 g/mol. The first-order valence-corrected chi connectivity index (χ1v) is 13.8. The first-order chi connectivity index (χ1) is 19.7. The Morgan fingerprint density at radius 1 is 1.00 bits per heavy atom. The van der Waals surface area contributed by atoms with Gasteiger partial charge in [0.1, 0.15) is 22.1 Å². The number of carbonyl (C=O) groups is 2. The Balaban J connectivity index is 1.98. The van der Waals surface area contributed by atoms with E-state index < -0.39 is 29.5 Å². The summed E-state index contributed by atoms with van der Waals surface area (Å²) in [6.45, 7) is 10.0. The second kappa shape index (κ2) is 11.7. The molecule has 0 spiro atoms. The van der Waals surface area contributed by atoms with E-state index in [1.807, 2.05) is 0 Å². The van der Waals surface area contributed by atoms with Crippen molar-refractivity contribution in [3.05, 3.63) is 64.7 Å². The van der Waals surface area contributed by atoms with Gasteiger partial charge in [0.15, 0.2) is 11.6 Å². The van der Waals surface area contributed by atoms with Gasteiger partial charge in [-0.1, -0.05) is 12.1 Å². The van der Waals surface area contributed by atoms with E-state index in [2.05, 4.69) is 21.0 Å². The lowest BCUT2D eigenvalue weighted by molar-refractivity contribution is 0.0429. The molecule has 1 N–H and O–H groups in total. The van der Waals surface area contributed by atoms with Crippen LogP contribution in [0.25, 0.3) is 21.6 Å². The third-order valence-electron chi connectivity index (χ3n) is 5.56. The molecule has 0 bridgehead atoms. The molecule has 1 unspecified atom stereocenters. The minimum Gasteiger partial charge on any atom is -0.481 e. The predicted molar refractivity (Wildman–Crippen MR) is 157 cm³/mol. The number of carbonyl (C=O) groups excluding carboxylic acids is 2. The zero-order valence-corrected chi connectivity index (χ0v) is 25.1. The molecule has 1 aromatic carbocycles. The summed E-state index contributed by atoms with van der Waals surface area (Å²) in [5.41, 5.74) is -0.616. The summed E-state index contributed by atoms with van der Waals surface area (Å²) in [6, 6.07) is 13.7. The van der Waals surface area contributed by atoms with Crippen LogP contribution in [0.3, 0.4) is 0 Å². The largest absolute Gasteiger partial charge is 0.481 e. The summed E-state index contributed by atoms with van der Waals surface area (Å²) >= 11 is 1.14. The molecule has 3 aromatic heterocycles. The molecule has 0 radical (unpaired) electrons. The van der Waals surface area contributed by atoms with Crippen LogP contribution < -0.4 is 9.64 Å². The fraction of sp³-hybridized carbons (Fsp3) is 0.333. The number of rotatable bonds is 5. The molecule has 0 aliphatic heterocycles. The number of methoxy groups -OCH3 is 1. The van der Waals surface area contributed by atoms with Crippen molar-refractivity contribution in [2.75, 3.05) is 12.0 Å². The van der Waals surface area contributed by atoms with E-state index in [1.165, 1.54) is 7.11 Å². The predicted octanol–water partition coefficient (Wildman–Crippen LogP) is 6.39. The van der Waals surface area contributed by atoms with Crippen LogP contribution >= 0.6 is 11.3 Å². The lowest BCUT2D eigenvalue weighted by Crippen LogP contribution is -2.44. The Morgan fingerprint density at radius 3 is 2.26 bits per heavy atom. The Labute approximate surface area is 247 Å². The number of benzene rings is 1. The van der Waals surface area contributed by atoms with Crippen LogP contribution in [-0.2, 0) is 9.47 Å². The van der Waals surface area contributed by atoms with Gasteiger partial charge in [-0.25, -0.2) is 24.5 Å². The van der Waals surface area contributed by atoms with E-state index in [0.717, 1.165) is 16.2 Å². The maximum atomic E-state index is 13.6. The maximum absolute atomic E-state index is 13.6. The summed E-state index contributed by atoms with van der Waals surface area (Å²) in [5.74, 6) is 0.286. The summed E-state index contributed by atoms with van der Waals surface area (Å²) in [5, 5.41) is 21.1. The van der Waals surface area contributed by atoms with Gasteiger partial charge < -0.3 is 19.3 Å². The van der Waals surface area contributed by atoms with Gasteiger partial charge in [-0.3, -0.25) is 0 Å². The van der Waals surface area contributed by atoms with Crippen molar-refractivity contribution < 1.29 is 28.9 Å². The molecule has 218 valence electrons. The molecule has 11 nitrogen and oxygen atoms in total. The highest BCUT2D eigenvalue weighted by Crippen LogP contribution is 2.39. The molecule has 1 atom stereocenters. The van der Waals surface area contributed by atoms with Gasteiger partial charge in [-0.15, -0.1) is 11.3 Å². The molecule has 0 saturated heterocycles. The molecule has 2 amide bonds. The molecule has 12 heteroatoms. The summed E-state index contributed by atoms with van der Waals surface area (Å²) in [6.07, 6.45) is -1.63. The number of hydrogen-bond acceptors (Lipinski definition) is 11. The molecular weight excluding hydrogens is 558 g/mol. The number of nitrogens with zero attached hydrogens (tertiary/aromatic N) is 5. The number of pyridine rings is 1. The van der Waals surface area contributed by atoms with Crippen LogP contribution in [-0.4, -0.2) is 50.6 Å². The summed E-state index contributed by atoms with van der Waals surface area (Å²) in [4.78, 5) is 42.1. The minimum atomic E-state index is -1.16. The van der Waals surface area contributed by atoms with Crippen LogP contribution in [0.5, 0.6) is 5.88 Å². The van der Waals surface area contributed by atoms with Gasteiger partial charge in [0, 0.05) is 22.2 Å². The van der Waals surface area contributed by atoms with Gasteiger partial charge in [0.2, 0.25) is 5.88 Å². The molecule has 0 aliphatic carbocycles. The van der Waals surface area contributed by atoms with Crippen molar-refractivity contribution >= 4 is 39.6 Å². The number of thiophene rings is 1. The lowest BCUT2D eigenvalue weighted by Gasteiger charge is -2.28. The summed E-state index contributed by atoms with van der Waals surface area (Å²) < 4.78 is 16.5. The highest BCUT2D eigenvalue weighted by atomic mass is 32.1. The van der Waals surface area contributed by atoms with E-state index >= 15 is 0 Å². The lowest BCUT2D eigenvalue weighted by atomic mass is 10.1. The Kier molecular flexibility index (Phi) is 8.47. The molecule has 42 heavy (non-hydrogen) atoms. The fourth-order valence-electron chi connectivity index (χ4n) is 3.88. The zero-order chi connectivity index (χ0) is 30.8. The number of amides is 2. The van der Waals surface area contributed by atoms with Gasteiger partial charge in [0.05, 0.1) is 24.1 Å². The van der Waals surface area contributed by atoms with Crippen LogP contribution in [0.2, 0.25) is 0 Å². The van der Waals surface area contributed by atoms with Gasteiger partial charge >= 0.3 is 12.2 Å². The van der Waals surface area contributed by atoms with Crippen molar-refractivity contribution in [2.45, 2.75) is 58.8 Å². The number of nitriles is 1. The van der Waals surface area contributed by atoms with E-state index in [4.69, 9.17) is 14.2 Å². The zero-order valence-electron chi connectivity index (χ0n) is 24.3. The van der Waals surface area contributed by atoms with Gasteiger partial charge in [-0.05, 0) is 71.9 Å². The average Bonchev–Trinajstić information content (AvgIpc) is 3.35. The molecule has 0 aliphatic rings. The fourth-order valence-corrected chi connectivity index (χ4v) is 4.92. The quantitative estimate of drug-likeness (QED) is 0.277. The number of fused-ring (bicyclic) bond motifs is 1. The topological polar surface area (TPSA) is 148 Å². The van der Waals surface area contributed by atoms with Crippen molar-refractivity contribution in [3.8, 4) is 23.3 Å². The van der Waals surface area contributed by atoms with Crippen molar-refractivity contribution in [3.63, 3.8) is 0 Å². The van der Waals surface area contributed by atoms with E-state index in [0.29, 0.717) is 31.8 Å². The Bertz CT molecular complexity index is 1650. The Morgan fingerprint density at radius 2 is 1.67 bits per heavy atom. The molecule has 0 saturated carbocycles. The first kappa shape index (κ1) is 30.4. The smallest absolute Gasteiger partial charge is 0.425 e. The van der Waals surface area contributed by atoms with Crippen molar-refractivity contribution in [1.29, 1.82) is 5.26 Å². The SMILES string of the molecule is COc1ncccc1C(O)c1cc2c(N(C(=O)OC(C)(C)C)C(=O)OC(C)(C)C)nc(-c3cccc(C#N)c3)nc2s1. The van der Waals surface area contributed by atoms with E-state index in [1.54, 1.807) is 90.2 Å². The van der Waals surface area contributed by atoms with E-state index in [9.17, 15) is 20.0 Å². The molecule has 0 fully saturated rings. The number of aliphatic hydroxyl groups is 1. The van der Waals surface area contributed by atoms with Crippen LogP contribution in [0.1, 0.15) is 63.7 Å². The molecule has 3 heterocycles. The number of imide groups is 1. The normalized spacial score (nSPS) is 12.4. The molecule has 4 rings (SSSR count). The number of anilines is 1. The molecule has 4 aromatic rings. The Hall–Kier alpha value is -4.60. The highest BCUT2D eigenvalue weighted by molar-refractivity contribution is 7.18. The number of aromatic nitrogens is 3. The second-order valence-electron chi connectivity index (χ2n) is 11.2. The number of ether oxygens (including phenoxy) is 3. The van der Waals surface area contributed by atoms with Gasteiger partial charge in [-0.2, -0.15) is 10.2 Å². The number of hydrogen-bond donors (Lipinski definition) is 1. The highest BCUT2D eigenvalue weighted by Gasteiger charge is 2.36. The van der Waals surface area contributed by atoms with Gasteiger partial charge in [0.25, 0.3) is 0 Å². The third kappa shape index (κ3) is 6.82. The van der Waals surface area contributed by atoms with Crippen molar-refractivity contribution in [1.82, 2.24) is 15.0 Å². The van der Waals surface area contributed by atoms with Crippen LogP contribution in [0.15, 0.2) is 48.7 Å². The minimum absolute atomic E-state index is 0.103. The van der Waals surface area contributed by atoms with Crippen molar-refractivity contribution in [2.24, 2.45) is 0 Å². The number of aliphatic hydroxyl groups excluding tert-OH is 1.